The lowest BCUT2D eigenvalue weighted by Crippen LogP contribution is -2.42. The first-order valence-corrected chi connectivity index (χ1v) is 11.0. The Morgan fingerprint density at radius 1 is 1.23 bits per heavy atom. The molecule has 1 saturated heterocycles. The smallest absolute Gasteiger partial charge is 0.416 e. The Labute approximate surface area is 182 Å². The molecule has 30 heavy (non-hydrogen) atoms. The molecular formula is C23H28ClN3O3. The predicted octanol–water partition coefficient (Wildman–Crippen LogP) is 4.62. The first-order valence-electron chi connectivity index (χ1n) is 10.6. The molecule has 0 atom stereocenters. The fourth-order valence-corrected chi connectivity index (χ4v) is 4.29. The zero-order valence-corrected chi connectivity index (χ0v) is 18.1. The van der Waals surface area contributed by atoms with E-state index in [0.717, 1.165) is 48.8 Å². The summed E-state index contributed by atoms with van der Waals surface area (Å²) in [6.45, 7) is 3.86. The minimum absolute atomic E-state index is 0.163. The van der Waals surface area contributed by atoms with E-state index in [4.69, 9.17) is 21.1 Å². The number of likely N-dealkylation sites (tertiary alicyclic amines) is 1. The topological polar surface area (TPSA) is 54.9 Å². The minimum atomic E-state index is -0.390. The summed E-state index contributed by atoms with van der Waals surface area (Å²) in [5, 5.41) is 0.771. The molecule has 0 spiro atoms. The molecule has 160 valence electrons. The molecule has 0 N–H and O–H groups in total. The molecule has 1 aliphatic heterocycles. The summed E-state index contributed by atoms with van der Waals surface area (Å²) in [5.41, 5.74) is 1.16. The van der Waals surface area contributed by atoms with E-state index in [1.54, 1.807) is 36.3 Å². The highest BCUT2D eigenvalue weighted by molar-refractivity contribution is 6.31. The number of benzene rings is 1. The molecule has 2 heterocycles. The van der Waals surface area contributed by atoms with E-state index >= 15 is 0 Å². The Hall–Kier alpha value is -2.31. The highest BCUT2D eigenvalue weighted by atomic mass is 35.5. The first kappa shape index (κ1) is 20.9. The Balaban J connectivity index is 1.20. The number of aromatic nitrogens is 1. The Bertz CT molecular complexity index is 852. The number of rotatable bonds is 7. The second-order valence-electron chi connectivity index (χ2n) is 8.23. The summed E-state index contributed by atoms with van der Waals surface area (Å²) >= 11 is 6.48. The molecule has 1 saturated carbocycles. The summed E-state index contributed by atoms with van der Waals surface area (Å²) in [4.78, 5) is 20.2. The Kier molecular flexibility index (Phi) is 6.75. The molecule has 7 heteroatoms. The molecular weight excluding hydrogens is 402 g/mol. The molecule has 2 aromatic rings. The highest BCUT2D eigenvalue weighted by Crippen LogP contribution is 2.33. The van der Waals surface area contributed by atoms with E-state index in [-0.39, 0.29) is 6.10 Å². The Morgan fingerprint density at radius 2 is 2.03 bits per heavy atom. The number of carbonyl (C=O) groups is 1. The molecule has 2 aliphatic rings. The van der Waals surface area contributed by atoms with E-state index in [1.807, 2.05) is 12.1 Å². The van der Waals surface area contributed by atoms with Gasteiger partial charge in [0.1, 0.15) is 5.75 Å². The van der Waals surface area contributed by atoms with Crippen LogP contribution in [-0.4, -0.2) is 53.7 Å². The molecule has 6 nitrogen and oxygen atoms in total. The summed E-state index contributed by atoms with van der Waals surface area (Å²) < 4.78 is 11.3. The van der Waals surface area contributed by atoms with Crippen LogP contribution in [0, 0.1) is 5.92 Å². The van der Waals surface area contributed by atoms with Crippen molar-refractivity contribution >= 4 is 17.7 Å². The van der Waals surface area contributed by atoms with Crippen LogP contribution >= 0.6 is 11.6 Å². The fraction of sp³-hybridized carbons (Fsp3) is 0.478. The van der Waals surface area contributed by atoms with Gasteiger partial charge in [0.05, 0.1) is 6.10 Å². The molecule has 0 bridgehead atoms. The summed E-state index contributed by atoms with van der Waals surface area (Å²) in [6, 6.07) is 11.3. The first-order chi connectivity index (χ1) is 14.6. The predicted molar refractivity (Wildman–Crippen MR) is 116 cm³/mol. The number of hydrogen-bond donors (Lipinski definition) is 0. The van der Waals surface area contributed by atoms with Crippen molar-refractivity contribution in [2.75, 3.05) is 26.7 Å². The maximum Gasteiger partial charge on any atom is 0.416 e. The van der Waals surface area contributed by atoms with Crippen LogP contribution in [0.3, 0.4) is 0 Å². The molecule has 1 aliphatic carbocycles. The highest BCUT2D eigenvalue weighted by Gasteiger charge is 2.33. The van der Waals surface area contributed by atoms with Crippen molar-refractivity contribution in [3.8, 4) is 11.6 Å². The lowest BCUT2D eigenvalue weighted by Gasteiger charge is -2.37. The second kappa shape index (κ2) is 9.67. The SMILES string of the molecule is CN(CC1CC(Oc2ccc(CN3CCCC3)c(Cl)c2)C1)C(=O)Oc1ccccn1. The quantitative estimate of drug-likeness (QED) is 0.642. The number of ether oxygens (including phenoxy) is 2. The zero-order valence-electron chi connectivity index (χ0n) is 17.3. The fourth-order valence-electron chi connectivity index (χ4n) is 4.06. The molecule has 0 radical (unpaired) electrons. The van der Waals surface area contributed by atoms with Crippen LogP contribution in [0.2, 0.25) is 5.02 Å². The van der Waals surface area contributed by atoms with Crippen LogP contribution in [0.5, 0.6) is 11.6 Å². The number of amides is 1. The standard InChI is InChI=1S/C23H28ClN3O3/c1-26(23(28)30-22-6-2-3-9-25-22)15-17-12-20(13-17)29-19-8-7-18(21(24)14-19)16-27-10-4-5-11-27/h2-3,6-9,14,17,20H,4-5,10-13,15-16H2,1H3. The van der Waals surface area contributed by atoms with Gasteiger partial charge in [0.15, 0.2) is 0 Å². The van der Waals surface area contributed by atoms with Crippen molar-refractivity contribution in [1.29, 1.82) is 0 Å². The lowest BCUT2D eigenvalue weighted by molar-refractivity contribution is 0.0482. The maximum atomic E-state index is 12.2. The van der Waals surface area contributed by atoms with Gasteiger partial charge in [0.2, 0.25) is 5.88 Å². The van der Waals surface area contributed by atoms with Crippen molar-refractivity contribution < 1.29 is 14.3 Å². The van der Waals surface area contributed by atoms with Gasteiger partial charge >= 0.3 is 6.09 Å². The van der Waals surface area contributed by atoms with Crippen LogP contribution in [0.25, 0.3) is 0 Å². The zero-order chi connectivity index (χ0) is 20.9. The normalized spacial score (nSPS) is 21.1. The average Bonchev–Trinajstić information content (AvgIpc) is 3.22. The van der Waals surface area contributed by atoms with Crippen LogP contribution in [-0.2, 0) is 6.54 Å². The van der Waals surface area contributed by atoms with Crippen LogP contribution in [0.1, 0.15) is 31.2 Å². The summed E-state index contributed by atoms with van der Waals surface area (Å²) in [5.74, 6) is 1.53. The molecule has 1 aromatic carbocycles. The van der Waals surface area contributed by atoms with Gasteiger partial charge < -0.3 is 14.4 Å². The van der Waals surface area contributed by atoms with Gasteiger partial charge in [0, 0.05) is 37.4 Å². The van der Waals surface area contributed by atoms with Crippen molar-refractivity contribution in [3.05, 3.63) is 53.2 Å². The third-order valence-corrected chi connectivity index (χ3v) is 6.14. The molecule has 1 aromatic heterocycles. The van der Waals surface area contributed by atoms with Crippen LogP contribution < -0.4 is 9.47 Å². The number of halogens is 1. The summed E-state index contributed by atoms with van der Waals surface area (Å²) in [7, 11) is 1.75. The maximum absolute atomic E-state index is 12.2. The molecule has 1 amide bonds. The Morgan fingerprint density at radius 3 is 2.73 bits per heavy atom. The minimum Gasteiger partial charge on any atom is -0.490 e. The van der Waals surface area contributed by atoms with E-state index < -0.39 is 6.09 Å². The van der Waals surface area contributed by atoms with Crippen molar-refractivity contribution in [1.82, 2.24) is 14.8 Å². The van der Waals surface area contributed by atoms with Gasteiger partial charge in [0.25, 0.3) is 0 Å². The van der Waals surface area contributed by atoms with E-state index in [0.29, 0.717) is 18.3 Å². The summed E-state index contributed by atoms with van der Waals surface area (Å²) in [6.07, 6.45) is 5.74. The van der Waals surface area contributed by atoms with E-state index in [1.165, 1.54) is 12.8 Å². The monoisotopic (exact) mass is 429 g/mol. The van der Waals surface area contributed by atoms with Gasteiger partial charge in [-0.2, -0.15) is 0 Å². The van der Waals surface area contributed by atoms with Gasteiger partial charge in [-0.15, -0.1) is 0 Å². The molecule has 0 unspecified atom stereocenters. The third kappa shape index (κ3) is 5.43. The average molecular weight is 430 g/mol. The van der Waals surface area contributed by atoms with Gasteiger partial charge in [-0.25, -0.2) is 9.78 Å². The van der Waals surface area contributed by atoms with Crippen LogP contribution in [0.4, 0.5) is 4.79 Å². The largest absolute Gasteiger partial charge is 0.490 e. The number of pyridine rings is 1. The van der Waals surface area contributed by atoms with Crippen molar-refractivity contribution in [3.63, 3.8) is 0 Å². The van der Waals surface area contributed by atoms with E-state index in [9.17, 15) is 4.79 Å². The lowest BCUT2D eigenvalue weighted by atomic mass is 9.82. The third-order valence-electron chi connectivity index (χ3n) is 5.79. The number of carbonyl (C=O) groups excluding carboxylic acids is 1. The van der Waals surface area contributed by atoms with Gasteiger partial charge in [-0.1, -0.05) is 23.7 Å². The van der Waals surface area contributed by atoms with Crippen molar-refractivity contribution in [2.45, 2.75) is 38.3 Å². The second-order valence-corrected chi connectivity index (χ2v) is 8.64. The van der Waals surface area contributed by atoms with Gasteiger partial charge in [-0.3, -0.25) is 4.90 Å². The molecule has 4 rings (SSSR count). The number of hydrogen-bond acceptors (Lipinski definition) is 5. The van der Waals surface area contributed by atoms with E-state index in [2.05, 4.69) is 16.0 Å². The van der Waals surface area contributed by atoms with Crippen molar-refractivity contribution in [2.24, 2.45) is 5.92 Å². The van der Waals surface area contributed by atoms with Crippen LogP contribution in [0.15, 0.2) is 42.6 Å². The molecule has 2 fully saturated rings. The number of nitrogens with zero attached hydrogens (tertiary/aromatic N) is 3. The van der Waals surface area contributed by atoms with Gasteiger partial charge in [-0.05, 0) is 68.5 Å².